The number of esters is 1. The second-order valence-electron chi connectivity index (χ2n) is 6.40. The Bertz CT molecular complexity index is 803. The highest BCUT2D eigenvalue weighted by Gasteiger charge is 2.35. The number of rotatable bonds is 6. The van der Waals surface area contributed by atoms with E-state index in [0.717, 1.165) is 5.69 Å². The topological polar surface area (TPSA) is 95.8 Å². The van der Waals surface area contributed by atoms with Crippen molar-refractivity contribution in [1.82, 2.24) is 19.9 Å². The van der Waals surface area contributed by atoms with Crippen LogP contribution in [-0.4, -0.2) is 63.9 Å². The van der Waals surface area contributed by atoms with E-state index in [1.807, 2.05) is 30.3 Å². The first-order valence-electron chi connectivity index (χ1n) is 8.87. The van der Waals surface area contributed by atoms with Crippen LogP contribution in [0, 0.1) is 0 Å². The largest absolute Gasteiger partial charge is 0.452 e. The Morgan fingerprint density at radius 2 is 2.00 bits per heavy atom. The summed E-state index contributed by atoms with van der Waals surface area (Å²) in [6.07, 6.45) is 1.16. The maximum Gasteiger partial charge on any atom is 0.306 e. The van der Waals surface area contributed by atoms with Gasteiger partial charge in [0.25, 0.3) is 5.91 Å². The molecule has 0 unspecified atom stereocenters. The van der Waals surface area contributed by atoms with Gasteiger partial charge in [0.15, 0.2) is 12.4 Å². The summed E-state index contributed by atoms with van der Waals surface area (Å²) in [5.74, 6) is -0.620. The van der Waals surface area contributed by atoms with Crippen molar-refractivity contribution in [2.45, 2.75) is 31.8 Å². The van der Waals surface area contributed by atoms with Crippen molar-refractivity contribution in [3.05, 3.63) is 42.2 Å². The van der Waals surface area contributed by atoms with Crippen LogP contribution in [0.3, 0.4) is 0 Å². The van der Waals surface area contributed by atoms with Crippen molar-refractivity contribution in [3.8, 4) is 5.69 Å². The fourth-order valence-electron chi connectivity index (χ4n) is 3.10. The average Bonchev–Trinajstić information content (AvgIpc) is 3.44. The van der Waals surface area contributed by atoms with Crippen molar-refractivity contribution in [2.75, 3.05) is 19.8 Å². The number of cyclic esters (lactones) is 1. The van der Waals surface area contributed by atoms with Gasteiger partial charge in [0.1, 0.15) is 5.69 Å². The lowest BCUT2D eigenvalue weighted by atomic mass is 10.2. The molecule has 3 heterocycles. The Hall–Kier alpha value is -2.78. The molecule has 1 aromatic carbocycles. The lowest BCUT2D eigenvalue weighted by molar-refractivity contribution is -0.156. The molecule has 0 saturated carbocycles. The maximum absolute atomic E-state index is 12.8. The molecule has 2 aliphatic heterocycles. The van der Waals surface area contributed by atoms with Gasteiger partial charge < -0.3 is 19.1 Å². The van der Waals surface area contributed by atoms with Gasteiger partial charge in [0.05, 0.1) is 38.2 Å². The zero-order chi connectivity index (χ0) is 18.6. The lowest BCUT2D eigenvalue weighted by Gasteiger charge is -2.26. The second kappa shape index (κ2) is 7.85. The van der Waals surface area contributed by atoms with E-state index in [4.69, 9.17) is 14.2 Å². The van der Waals surface area contributed by atoms with E-state index in [1.54, 1.807) is 15.8 Å². The van der Waals surface area contributed by atoms with Crippen molar-refractivity contribution in [1.29, 1.82) is 0 Å². The van der Waals surface area contributed by atoms with E-state index in [9.17, 15) is 9.59 Å². The standard InChI is InChI=1S/C18H20N4O5/c23-16-7-6-15(27-16)18(24)21(12-17-25-8-9-26-17)10-13-11-22(20-19-13)14-4-2-1-3-5-14/h1-5,11,15,17H,6-10,12H2/t15-/m0/s1. The van der Waals surface area contributed by atoms with Crippen LogP contribution in [0.1, 0.15) is 18.5 Å². The van der Waals surface area contributed by atoms with Gasteiger partial charge in [-0.25, -0.2) is 4.68 Å². The SMILES string of the molecule is O=C1CC[C@@H](C(=O)N(Cc2cn(-c3ccccc3)nn2)CC2OCCO2)O1. The van der Waals surface area contributed by atoms with Crippen molar-refractivity contribution in [3.63, 3.8) is 0 Å². The first-order valence-corrected chi connectivity index (χ1v) is 8.87. The summed E-state index contributed by atoms with van der Waals surface area (Å²) >= 11 is 0. The molecule has 27 heavy (non-hydrogen) atoms. The molecule has 0 radical (unpaired) electrons. The van der Waals surface area contributed by atoms with Gasteiger partial charge >= 0.3 is 5.97 Å². The predicted octanol–water partition coefficient (Wildman–Crippen LogP) is 0.674. The molecule has 1 atom stereocenters. The summed E-state index contributed by atoms with van der Waals surface area (Å²) in [6, 6.07) is 9.58. The Morgan fingerprint density at radius 3 is 2.70 bits per heavy atom. The molecule has 2 aromatic rings. The summed E-state index contributed by atoms with van der Waals surface area (Å²) in [5.41, 5.74) is 1.50. The van der Waals surface area contributed by atoms with Crippen LogP contribution in [-0.2, 0) is 30.3 Å². The predicted molar refractivity (Wildman–Crippen MR) is 91.6 cm³/mol. The zero-order valence-electron chi connectivity index (χ0n) is 14.7. The van der Waals surface area contributed by atoms with E-state index in [0.29, 0.717) is 25.3 Å². The van der Waals surface area contributed by atoms with Crippen molar-refractivity contribution < 1.29 is 23.8 Å². The molecular weight excluding hydrogens is 352 g/mol. The maximum atomic E-state index is 12.8. The summed E-state index contributed by atoms with van der Waals surface area (Å²) in [6.45, 7) is 1.46. The molecule has 2 fully saturated rings. The van der Waals surface area contributed by atoms with Gasteiger partial charge in [-0.15, -0.1) is 5.10 Å². The molecule has 0 bridgehead atoms. The zero-order valence-corrected chi connectivity index (χ0v) is 14.7. The molecule has 2 aliphatic rings. The summed E-state index contributed by atoms with van der Waals surface area (Å²) in [5, 5.41) is 8.28. The average molecular weight is 372 g/mol. The third-order valence-corrected chi connectivity index (χ3v) is 4.45. The molecule has 9 heteroatoms. The summed E-state index contributed by atoms with van der Waals surface area (Å²) < 4.78 is 17.7. The minimum atomic E-state index is -0.761. The quantitative estimate of drug-likeness (QED) is 0.688. The monoisotopic (exact) mass is 372 g/mol. The first kappa shape index (κ1) is 17.6. The minimum Gasteiger partial charge on any atom is -0.452 e. The molecule has 2 saturated heterocycles. The van der Waals surface area contributed by atoms with E-state index in [-0.39, 0.29) is 31.4 Å². The van der Waals surface area contributed by atoms with Gasteiger partial charge in [-0.2, -0.15) is 0 Å². The number of nitrogens with zero attached hydrogens (tertiary/aromatic N) is 4. The van der Waals surface area contributed by atoms with E-state index >= 15 is 0 Å². The molecule has 1 amide bonds. The van der Waals surface area contributed by atoms with Gasteiger partial charge in [-0.05, 0) is 12.1 Å². The Morgan fingerprint density at radius 1 is 1.22 bits per heavy atom. The Labute approximate surface area is 155 Å². The number of benzene rings is 1. The number of para-hydroxylation sites is 1. The van der Waals surface area contributed by atoms with Crippen molar-refractivity contribution >= 4 is 11.9 Å². The van der Waals surface area contributed by atoms with Crippen LogP contribution in [0.2, 0.25) is 0 Å². The number of hydrogen-bond donors (Lipinski definition) is 0. The van der Waals surface area contributed by atoms with Crippen LogP contribution in [0.4, 0.5) is 0 Å². The van der Waals surface area contributed by atoms with Crippen molar-refractivity contribution in [2.24, 2.45) is 0 Å². The number of amides is 1. The number of aromatic nitrogens is 3. The summed E-state index contributed by atoms with van der Waals surface area (Å²) in [7, 11) is 0. The molecule has 142 valence electrons. The first-order chi connectivity index (χ1) is 13.2. The van der Waals surface area contributed by atoms with Gasteiger partial charge in [0.2, 0.25) is 0 Å². The Balaban J connectivity index is 1.49. The highest BCUT2D eigenvalue weighted by Crippen LogP contribution is 2.19. The number of carbonyl (C=O) groups excluding carboxylic acids is 2. The highest BCUT2D eigenvalue weighted by atomic mass is 16.7. The third kappa shape index (κ3) is 4.15. The third-order valence-electron chi connectivity index (χ3n) is 4.45. The number of ether oxygens (including phenoxy) is 3. The molecule has 0 aliphatic carbocycles. The van der Waals surface area contributed by atoms with Crippen LogP contribution < -0.4 is 0 Å². The molecule has 1 aromatic heterocycles. The molecule has 0 spiro atoms. The number of carbonyl (C=O) groups is 2. The van der Waals surface area contributed by atoms with Crippen LogP contribution in [0.15, 0.2) is 36.5 Å². The molecule has 9 nitrogen and oxygen atoms in total. The van der Waals surface area contributed by atoms with Gasteiger partial charge in [-0.3, -0.25) is 9.59 Å². The molecular formula is C18H20N4O5. The second-order valence-corrected chi connectivity index (χ2v) is 6.40. The highest BCUT2D eigenvalue weighted by molar-refractivity contribution is 5.86. The normalized spacial score (nSPS) is 20.0. The minimum absolute atomic E-state index is 0.225. The smallest absolute Gasteiger partial charge is 0.306 e. The Kier molecular flexibility index (Phi) is 5.12. The van der Waals surface area contributed by atoms with Crippen LogP contribution >= 0.6 is 0 Å². The fraction of sp³-hybridized carbons (Fsp3) is 0.444. The molecule has 0 N–H and O–H groups in total. The molecule has 4 rings (SSSR count). The van der Waals surface area contributed by atoms with E-state index in [2.05, 4.69) is 10.3 Å². The summed E-state index contributed by atoms with van der Waals surface area (Å²) in [4.78, 5) is 25.8. The van der Waals surface area contributed by atoms with E-state index in [1.165, 1.54) is 0 Å². The van der Waals surface area contributed by atoms with E-state index < -0.39 is 12.4 Å². The number of hydrogen-bond acceptors (Lipinski definition) is 7. The van der Waals surface area contributed by atoms with Crippen LogP contribution in [0.25, 0.3) is 5.69 Å². The van der Waals surface area contributed by atoms with Gasteiger partial charge in [-0.1, -0.05) is 23.4 Å². The lowest BCUT2D eigenvalue weighted by Crippen LogP contribution is -2.43. The van der Waals surface area contributed by atoms with Gasteiger partial charge in [0, 0.05) is 12.8 Å². The fourth-order valence-corrected chi connectivity index (χ4v) is 3.10. The van der Waals surface area contributed by atoms with Crippen LogP contribution in [0.5, 0.6) is 0 Å².